The second-order valence-electron chi connectivity index (χ2n) is 10.2. The van der Waals surface area contributed by atoms with E-state index in [1.54, 1.807) is 0 Å². The van der Waals surface area contributed by atoms with E-state index in [4.69, 9.17) is 9.47 Å². The van der Waals surface area contributed by atoms with Crippen LogP contribution < -0.4 is 0 Å². The zero-order valence-corrected chi connectivity index (χ0v) is 23.5. The first-order valence-corrected chi connectivity index (χ1v) is 16.5. The van der Waals surface area contributed by atoms with Gasteiger partial charge in [0.15, 0.2) is 0 Å². The third-order valence-corrected chi connectivity index (χ3v) is 9.61. The first-order valence-electron chi connectivity index (χ1n) is 14.8. The highest BCUT2D eigenvalue weighted by Gasteiger charge is 2.18. The summed E-state index contributed by atoms with van der Waals surface area (Å²) in [5.41, 5.74) is 0.658. The molecule has 2 unspecified atom stereocenters. The number of rotatable bonds is 21. The van der Waals surface area contributed by atoms with Gasteiger partial charge in [0, 0.05) is 6.61 Å². The van der Waals surface area contributed by atoms with Gasteiger partial charge in [0.1, 0.15) is 23.9 Å². The van der Waals surface area contributed by atoms with Crippen molar-refractivity contribution in [1.29, 1.82) is 0 Å². The standard InChI is InChI=1S/C31H53O3S/c1-2-3-26-35(28-25-34-31(32)29-20-14-13-15-21-29)27-19-12-10-8-6-4-5-7-9-11-16-22-30-23-17-18-24-33-30/h13-15,20-21,30H,2-12,16-19,22-28H2,1H3/q+1. The van der Waals surface area contributed by atoms with E-state index in [9.17, 15) is 4.79 Å². The Morgan fingerprint density at radius 1 is 0.829 bits per heavy atom. The predicted molar refractivity (Wildman–Crippen MR) is 153 cm³/mol. The van der Waals surface area contributed by atoms with Crippen molar-refractivity contribution in [3.05, 3.63) is 35.9 Å². The lowest BCUT2D eigenvalue weighted by Gasteiger charge is -2.22. The van der Waals surface area contributed by atoms with Crippen molar-refractivity contribution in [3.63, 3.8) is 0 Å². The van der Waals surface area contributed by atoms with Gasteiger partial charge in [-0.3, -0.25) is 0 Å². The fourth-order valence-corrected chi connectivity index (χ4v) is 7.11. The molecule has 35 heavy (non-hydrogen) atoms. The van der Waals surface area contributed by atoms with Gasteiger partial charge in [-0.25, -0.2) is 4.79 Å². The molecule has 0 N–H and O–H groups in total. The van der Waals surface area contributed by atoms with E-state index in [2.05, 4.69) is 6.92 Å². The van der Waals surface area contributed by atoms with Gasteiger partial charge in [0.2, 0.25) is 0 Å². The van der Waals surface area contributed by atoms with Crippen molar-refractivity contribution in [2.45, 2.75) is 122 Å². The summed E-state index contributed by atoms with van der Waals surface area (Å²) in [5, 5.41) is 0. The molecule has 3 nitrogen and oxygen atoms in total. The summed E-state index contributed by atoms with van der Waals surface area (Å²) >= 11 is 0. The number of benzene rings is 1. The van der Waals surface area contributed by atoms with Crippen molar-refractivity contribution in [2.24, 2.45) is 0 Å². The Bertz CT molecular complexity index is 615. The van der Waals surface area contributed by atoms with Gasteiger partial charge in [-0.05, 0) is 68.0 Å². The van der Waals surface area contributed by atoms with E-state index >= 15 is 0 Å². The third kappa shape index (κ3) is 15.7. The lowest BCUT2D eigenvalue weighted by molar-refractivity contribution is 0.00976. The molecule has 0 aromatic heterocycles. The molecule has 0 radical (unpaired) electrons. The summed E-state index contributed by atoms with van der Waals surface area (Å²) in [4.78, 5) is 12.1. The highest BCUT2D eigenvalue weighted by atomic mass is 32.2. The second kappa shape index (κ2) is 21.1. The topological polar surface area (TPSA) is 35.5 Å². The van der Waals surface area contributed by atoms with E-state index in [0.29, 0.717) is 29.2 Å². The molecule has 1 saturated heterocycles. The third-order valence-electron chi connectivity index (χ3n) is 7.13. The Labute approximate surface area is 219 Å². The molecule has 0 saturated carbocycles. The van der Waals surface area contributed by atoms with Crippen molar-refractivity contribution < 1.29 is 14.3 Å². The molecule has 0 aliphatic carbocycles. The highest BCUT2D eigenvalue weighted by molar-refractivity contribution is 7.96. The molecule has 2 atom stereocenters. The van der Waals surface area contributed by atoms with Crippen LogP contribution in [0.15, 0.2) is 30.3 Å². The summed E-state index contributed by atoms with van der Waals surface area (Å²) in [6.45, 7) is 3.83. The summed E-state index contributed by atoms with van der Waals surface area (Å²) in [6.07, 6.45) is 23.7. The minimum Gasteiger partial charge on any atom is -0.457 e. The molecule has 0 amide bonds. The molecule has 1 aromatic rings. The zero-order chi connectivity index (χ0) is 24.8. The van der Waals surface area contributed by atoms with Crippen LogP contribution in [-0.2, 0) is 20.4 Å². The van der Waals surface area contributed by atoms with Crippen molar-refractivity contribution in [1.82, 2.24) is 0 Å². The lowest BCUT2D eigenvalue weighted by atomic mass is 10.0. The van der Waals surface area contributed by atoms with Gasteiger partial charge < -0.3 is 9.47 Å². The number of ether oxygens (including phenoxy) is 2. The quantitative estimate of drug-likeness (QED) is 0.0954. The molecule has 0 spiro atoms. The Kier molecular flexibility index (Phi) is 18.2. The fraction of sp³-hybridized carbons (Fsp3) is 0.774. The maximum Gasteiger partial charge on any atom is 0.338 e. The second-order valence-corrected chi connectivity index (χ2v) is 12.7. The molecule has 1 heterocycles. The minimum atomic E-state index is -0.182. The molecular weight excluding hydrogens is 452 g/mol. The van der Waals surface area contributed by atoms with Crippen molar-refractivity contribution in [3.8, 4) is 0 Å². The van der Waals surface area contributed by atoms with Gasteiger partial charge in [-0.1, -0.05) is 89.3 Å². The number of hydrogen-bond acceptors (Lipinski definition) is 3. The number of carbonyl (C=O) groups excluding carboxylic acids is 1. The average molecular weight is 506 g/mol. The molecule has 200 valence electrons. The smallest absolute Gasteiger partial charge is 0.338 e. The SMILES string of the molecule is CCCC[S+](CCCCCCCCCCCCCC1CCCCO1)CCOC(=O)c1ccccc1. The highest BCUT2D eigenvalue weighted by Crippen LogP contribution is 2.19. The molecule has 4 heteroatoms. The fourth-order valence-electron chi connectivity index (χ4n) is 4.87. The van der Waals surface area contributed by atoms with Crippen LogP contribution in [0.5, 0.6) is 0 Å². The Morgan fingerprint density at radius 2 is 1.46 bits per heavy atom. The van der Waals surface area contributed by atoms with Gasteiger partial charge in [0.05, 0.1) is 11.7 Å². The van der Waals surface area contributed by atoms with Crippen LogP contribution in [0, 0.1) is 0 Å². The number of unbranched alkanes of at least 4 members (excludes halogenated alkanes) is 11. The minimum absolute atomic E-state index is 0.182. The monoisotopic (exact) mass is 505 g/mol. The summed E-state index contributed by atoms with van der Waals surface area (Å²) < 4.78 is 11.4. The first-order chi connectivity index (χ1) is 17.3. The molecule has 1 aliphatic heterocycles. The Hall–Kier alpha value is -1.00. The van der Waals surface area contributed by atoms with E-state index in [-0.39, 0.29) is 5.97 Å². The molecule has 2 rings (SSSR count). The van der Waals surface area contributed by atoms with Gasteiger partial charge in [-0.2, -0.15) is 0 Å². The van der Waals surface area contributed by atoms with Gasteiger partial charge >= 0.3 is 5.97 Å². The van der Waals surface area contributed by atoms with Crippen LogP contribution in [0.1, 0.15) is 126 Å². The van der Waals surface area contributed by atoms with Crippen molar-refractivity contribution in [2.75, 3.05) is 30.5 Å². The maximum atomic E-state index is 12.1. The van der Waals surface area contributed by atoms with Crippen molar-refractivity contribution >= 4 is 16.9 Å². The Balaban J connectivity index is 1.39. The van der Waals surface area contributed by atoms with E-state index in [1.165, 1.54) is 121 Å². The van der Waals surface area contributed by atoms with Crippen LogP contribution in [-0.4, -0.2) is 42.5 Å². The summed E-state index contributed by atoms with van der Waals surface area (Å²) in [7, 11) is 0.401. The number of esters is 1. The van der Waals surface area contributed by atoms with E-state index in [0.717, 1.165) is 12.4 Å². The summed E-state index contributed by atoms with van der Waals surface area (Å²) in [6, 6.07) is 9.35. The maximum absolute atomic E-state index is 12.1. The number of carbonyl (C=O) groups is 1. The first kappa shape index (κ1) is 30.2. The van der Waals surface area contributed by atoms with Crippen LogP contribution in [0.4, 0.5) is 0 Å². The van der Waals surface area contributed by atoms with Gasteiger partial charge in [0.25, 0.3) is 0 Å². The average Bonchev–Trinajstić information content (AvgIpc) is 2.90. The normalized spacial score (nSPS) is 16.8. The van der Waals surface area contributed by atoms with Crippen LogP contribution in [0.25, 0.3) is 0 Å². The molecule has 1 aromatic carbocycles. The van der Waals surface area contributed by atoms with E-state index in [1.807, 2.05) is 30.3 Å². The number of hydrogen-bond donors (Lipinski definition) is 0. The molecule has 0 bridgehead atoms. The van der Waals surface area contributed by atoms with Crippen LogP contribution >= 0.6 is 0 Å². The van der Waals surface area contributed by atoms with Crippen LogP contribution in [0.3, 0.4) is 0 Å². The molecule has 1 aliphatic rings. The Morgan fingerprint density at radius 3 is 2.09 bits per heavy atom. The zero-order valence-electron chi connectivity index (χ0n) is 22.7. The van der Waals surface area contributed by atoms with Gasteiger partial charge in [-0.15, -0.1) is 0 Å². The molecular formula is C31H53O3S+. The molecule has 1 fully saturated rings. The van der Waals surface area contributed by atoms with E-state index < -0.39 is 0 Å². The lowest BCUT2D eigenvalue weighted by Crippen LogP contribution is -2.21. The largest absolute Gasteiger partial charge is 0.457 e. The summed E-state index contributed by atoms with van der Waals surface area (Å²) in [5.74, 6) is 3.47. The predicted octanol–water partition coefficient (Wildman–Crippen LogP) is 8.51. The van der Waals surface area contributed by atoms with Crippen LogP contribution in [0.2, 0.25) is 0 Å².